The summed E-state index contributed by atoms with van der Waals surface area (Å²) in [6.45, 7) is 2.29. The number of aromatic nitrogens is 1. The fraction of sp³-hybridized carbons (Fsp3) is 0.158. The smallest absolute Gasteiger partial charge is 0.255 e. The third-order valence-corrected chi connectivity index (χ3v) is 5.21. The Bertz CT molecular complexity index is 956. The quantitative estimate of drug-likeness (QED) is 0.692. The number of nitrogens with zero attached hydrogens (tertiary/aromatic N) is 1. The van der Waals surface area contributed by atoms with E-state index in [0.717, 1.165) is 27.7 Å². The van der Waals surface area contributed by atoms with Gasteiger partial charge in [-0.05, 0) is 42.8 Å². The van der Waals surface area contributed by atoms with E-state index >= 15 is 0 Å². The number of benzene rings is 2. The highest BCUT2D eigenvalue weighted by atomic mass is 35.5. The molecule has 2 aromatic carbocycles. The van der Waals surface area contributed by atoms with Crippen molar-refractivity contribution in [1.82, 2.24) is 10.3 Å². The normalized spacial score (nSPS) is 15.8. The van der Waals surface area contributed by atoms with E-state index in [2.05, 4.69) is 15.6 Å². The summed E-state index contributed by atoms with van der Waals surface area (Å²) in [6, 6.07) is 13.0. The molecule has 4 rings (SSSR count). The topological polar surface area (TPSA) is 63.2 Å². The van der Waals surface area contributed by atoms with E-state index in [9.17, 15) is 4.79 Å². The van der Waals surface area contributed by atoms with Crippen molar-refractivity contribution in [2.24, 2.45) is 0 Å². The van der Waals surface area contributed by atoms with Gasteiger partial charge in [-0.15, -0.1) is 11.3 Å². The number of anilines is 1. The number of ether oxygens (including phenoxy) is 1. The van der Waals surface area contributed by atoms with Crippen LogP contribution in [0.5, 0.6) is 5.75 Å². The van der Waals surface area contributed by atoms with Crippen LogP contribution in [0.2, 0.25) is 5.02 Å². The summed E-state index contributed by atoms with van der Waals surface area (Å²) in [5.41, 5.74) is 3.22. The van der Waals surface area contributed by atoms with Crippen LogP contribution in [0.3, 0.4) is 0 Å². The molecule has 0 fully saturated rings. The Balaban J connectivity index is 1.46. The van der Waals surface area contributed by atoms with Crippen molar-refractivity contribution in [3.05, 3.63) is 74.7 Å². The number of thiazole rings is 1. The number of rotatable bonds is 4. The van der Waals surface area contributed by atoms with Crippen molar-refractivity contribution in [2.75, 3.05) is 5.32 Å². The van der Waals surface area contributed by atoms with E-state index in [1.807, 2.05) is 42.6 Å². The summed E-state index contributed by atoms with van der Waals surface area (Å²) in [6.07, 6.45) is -0.350. The molecule has 0 bridgehead atoms. The number of carbonyl (C=O) groups excluding carboxylic acids is 1. The maximum atomic E-state index is 12.4. The molecule has 1 unspecified atom stereocenters. The third-order valence-electron chi connectivity index (χ3n) is 4.12. The van der Waals surface area contributed by atoms with Crippen molar-refractivity contribution in [3.63, 3.8) is 0 Å². The van der Waals surface area contributed by atoms with Crippen LogP contribution >= 0.6 is 22.9 Å². The molecule has 2 N–H and O–H groups in total. The van der Waals surface area contributed by atoms with Crippen LogP contribution < -0.4 is 15.4 Å². The maximum Gasteiger partial charge on any atom is 0.255 e. The zero-order chi connectivity index (χ0) is 18.1. The number of fused-ring (bicyclic) bond motifs is 1. The zero-order valence-corrected chi connectivity index (χ0v) is 15.5. The first-order chi connectivity index (χ1) is 12.6. The molecule has 0 spiro atoms. The molecule has 1 aliphatic rings. The summed E-state index contributed by atoms with van der Waals surface area (Å²) >= 11 is 7.37. The first kappa shape index (κ1) is 16.9. The van der Waals surface area contributed by atoms with E-state index in [4.69, 9.17) is 16.3 Å². The highest BCUT2D eigenvalue weighted by Crippen LogP contribution is 2.29. The molecule has 1 aliphatic heterocycles. The largest absolute Gasteiger partial charge is 0.486 e. The number of aryl methyl sites for hydroxylation is 1. The lowest BCUT2D eigenvalue weighted by Crippen LogP contribution is -2.39. The monoisotopic (exact) mass is 385 g/mol. The molecule has 0 saturated heterocycles. The number of nitrogens with one attached hydrogen (secondary N) is 2. The second-order valence-electron chi connectivity index (χ2n) is 5.96. The van der Waals surface area contributed by atoms with Gasteiger partial charge in [-0.1, -0.05) is 23.7 Å². The van der Waals surface area contributed by atoms with Crippen molar-refractivity contribution >= 4 is 34.5 Å². The van der Waals surface area contributed by atoms with Gasteiger partial charge in [0.05, 0.1) is 11.3 Å². The number of amides is 1. The van der Waals surface area contributed by atoms with Gasteiger partial charge in [0.1, 0.15) is 23.5 Å². The Labute approximate surface area is 160 Å². The Morgan fingerprint density at radius 2 is 2.00 bits per heavy atom. The summed E-state index contributed by atoms with van der Waals surface area (Å²) < 4.78 is 5.72. The van der Waals surface area contributed by atoms with Crippen LogP contribution in [0.1, 0.15) is 32.8 Å². The Morgan fingerprint density at radius 1 is 1.19 bits per heavy atom. The summed E-state index contributed by atoms with van der Waals surface area (Å²) in [5.74, 6) is 0.647. The van der Waals surface area contributed by atoms with Gasteiger partial charge < -0.3 is 15.4 Å². The Kier molecular flexibility index (Phi) is 4.53. The molecule has 1 amide bonds. The zero-order valence-electron chi connectivity index (χ0n) is 14.0. The molecule has 0 aliphatic carbocycles. The molecule has 5 nitrogen and oxygen atoms in total. The van der Waals surface area contributed by atoms with Crippen LogP contribution in [-0.4, -0.2) is 10.9 Å². The van der Waals surface area contributed by atoms with E-state index in [1.54, 1.807) is 12.1 Å². The lowest BCUT2D eigenvalue weighted by Gasteiger charge is -2.27. The maximum absolute atomic E-state index is 12.4. The average molecular weight is 386 g/mol. The lowest BCUT2D eigenvalue weighted by molar-refractivity contribution is 0.0934. The highest BCUT2D eigenvalue weighted by molar-refractivity contribution is 7.09. The van der Waals surface area contributed by atoms with Crippen molar-refractivity contribution < 1.29 is 9.53 Å². The van der Waals surface area contributed by atoms with E-state index in [0.29, 0.717) is 17.2 Å². The molecular weight excluding hydrogens is 370 g/mol. The minimum Gasteiger partial charge on any atom is -0.486 e. The van der Waals surface area contributed by atoms with Gasteiger partial charge >= 0.3 is 0 Å². The van der Waals surface area contributed by atoms with E-state index in [1.165, 1.54) is 11.3 Å². The predicted octanol–water partition coefficient (Wildman–Crippen LogP) is 4.54. The summed E-state index contributed by atoms with van der Waals surface area (Å²) in [5, 5.41) is 9.73. The molecule has 3 aromatic rings. The average Bonchev–Trinajstić information content (AvgIpc) is 3.10. The number of hydrogen-bond acceptors (Lipinski definition) is 5. The second-order valence-corrected chi connectivity index (χ2v) is 7.34. The summed E-state index contributed by atoms with van der Waals surface area (Å²) in [4.78, 5) is 17.0. The van der Waals surface area contributed by atoms with Gasteiger partial charge in [0.25, 0.3) is 5.91 Å². The minimum atomic E-state index is -0.350. The van der Waals surface area contributed by atoms with Gasteiger partial charge in [0.15, 0.2) is 0 Å². The molecule has 2 heterocycles. The van der Waals surface area contributed by atoms with Gasteiger partial charge in [0.2, 0.25) is 0 Å². The number of carbonyl (C=O) groups is 1. The number of hydrogen-bond donors (Lipinski definition) is 2. The van der Waals surface area contributed by atoms with Crippen LogP contribution in [0.4, 0.5) is 5.69 Å². The fourth-order valence-corrected chi connectivity index (χ4v) is 3.69. The molecule has 26 heavy (non-hydrogen) atoms. The van der Waals surface area contributed by atoms with E-state index < -0.39 is 0 Å². The predicted molar refractivity (Wildman–Crippen MR) is 103 cm³/mol. The van der Waals surface area contributed by atoms with Gasteiger partial charge in [-0.2, -0.15) is 0 Å². The Morgan fingerprint density at radius 3 is 2.81 bits per heavy atom. The van der Waals surface area contributed by atoms with Gasteiger partial charge in [-0.25, -0.2) is 4.98 Å². The van der Waals surface area contributed by atoms with Crippen LogP contribution in [0.15, 0.2) is 47.8 Å². The molecule has 7 heteroatoms. The SMILES string of the molecule is Cc1cccc2c1C(=O)NC(c1csc(COc3ccc(Cl)cc3)n1)N2. The van der Waals surface area contributed by atoms with Crippen molar-refractivity contribution in [3.8, 4) is 5.75 Å². The van der Waals surface area contributed by atoms with Gasteiger partial charge in [-0.3, -0.25) is 4.79 Å². The molecule has 1 atom stereocenters. The van der Waals surface area contributed by atoms with Crippen molar-refractivity contribution in [2.45, 2.75) is 19.7 Å². The molecular formula is C19H16ClN3O2S. The summed E-state index contributed by atoms with van der Waals surface area (Å²) in [7, 11) is 0. The first-order valence-corrected chi connectivity index (χ1v) is 9.35. The fourth-order valence-electron chi connectivity index (χ4n) is 2.83. The third kappa shape index (κ3) is 3.38. The molecule has 132 valence electrons. The molecule has 1 aromatic heterocycles. The van der Waals surface area contributed by atoms with Crippen molar-refractivity contribution in [1.29, 1.82) is 0 Å². The standard InChI is InChI=1S/C19H16ClN3O2S/c1-11-3-2-4-14-17(11)19(24)23-18(22-14)15-10-26-16(21-15)9-25-13-7-5-12(20)6-8-13/h2-8,10,18,22H,9H2,1H3,(H,23,24). The first-order valence-electron chi connectivity index (χ1n) is 8.10. The molecule has 0 radical (unpaired) electrons. The lowest BCUT2D eigenvalue weighted by atomic mass is 10.0. The van der Waals surface area contributed by atoms with E-state index in [-0.39, 0.29) is 12.1 Å². The minimum absolute atomic E-state index is 0.0891. The highest BCUT2D eigenvalue weighted by Gasteiger charge is 2.27. The van der Waals surface area contributed by atoms with Crippen LogP contribution in [0.25, 0.3) is 0 Å². The molecule has 0 saturated carbocycles. The van der Waals surface area contributed by atoms with Gasteiger partial charge in [0, 0.05) is 16.1 Å². The second kappa shape index (κ2) is 6.97. The van der Waals surface area contributed by atoms with Crippen LogP contribution in [-0.2, 0) is 6.61 Å². The number of halogens is 1. The Hall–Kier alpha value is -2.57. The van der Waals surface area contributed by atoms with Crippen LogP contribution in [0, 0.1) is 6.92 Å².